The number of unbranched alkanes of at least 4 members (excludes halogenated alkanes) is 1. The van der Waals surface area contributed by atoms with Crippen LogP contribution < -0.4 is 4.72 Å². The van der Waals surface area contributed by atoms with Crippen molar-refractivity contribution in [2.75, 3.05) is 7.11 Å². The van der Waals surface area contributed by atoms with Crippen LogP contribution >= 0.6 is 0 Å². The summed E-state index contributed by atoms with van der Waals surface area (Å²) < 4.78 is 35.3. The van der Waals surface area contributed by atoms with E-state index < -0.39 is 33.1 Å². The summed E-state index contributed by atoms with van der Waals surface area (Å²) >= 11 is 0. The maximum absolute atomic E-state index is 12.0. The summed E-state index contributed by atoms with van der Waals surface area (Å²) in [4.78, 5) is 22.3. The maximum atomic E-state index is 12.0. The minimum Gasteiger partial charge on any atom is -0.480 e. The number of carboxylic acids is 1. The molecule has 1 rings (SSSR count). The van der Waals surface area contributed by atoms with Gasteiger partial charge in [0.2, 0.25) is 5.09 Å². The number of hydrogen-bond acceptors (Lipinski definition) is 6. The van der Waals surface area contributed by atoms with Gasteiger partial charge in [-0.3, -0.25) is 4.79 Å². The summed E-state index contributed by atoms with van der Waals surface area (Å²) in [6.45, 7) is 1.86. The molecular formula is C12H17NO7S. The molecule has 0 fully saturated rings. The molecule has 0 bridgehead atoms. The van der Waals surface area contributed by atoms with Crippen molar-refractivity contribution < 1.29 is 32.3 Å². The number of nitrogens with one attached hydrogen (secondary N) is 1. The molecule has 1 aromatic heterocycles. The highest BCUT2D eigenvalue weighted by Gasteiger charge is 2.28. The third-order valence-corrected chi connectivity index (χ3v) is 4.04. The lowest BCUT2D eigenvalue weighted by Gasteiger charge is -2.12. The summed E-state index contributed by atoms with van der Waals surface area (Å²) in [5, 5.41) is 8.47. The van der Waals surface area contributed by atoms with Gasteiger partial charge in [0.05, 0.1) is 12.7 Å². The fourth-order valence-corrected chi connectivity index (χ4v) is 2.74. The van der Waals surface area contributed by atoms with Gasteiger partial charge in [0.1, 0.15) is 12.3 Å². The number of sulfonamides is 1. The molecule has 21 heavy (non-hydrogen) atoms. The van der Waals surface area contributed by atoms with Crippen molar-refractivity contribution in [2.24, 2.45) is 0 Å². The van der Waals surface area contributed by atoms with Crippen LogP contribution in [-0.2, 0) is 19.6 Å². The third kappa shape index (κ3) is 4.57. The fraction of sp³-hybridized carbons (Fsp3) is 0.500. The smallest absolute Gasteiger partial charge is 0.341 e. The second-order valence-corrected chi connectivity index (χ2v) is 5.95. The average molecular weight is 319 g/mol. The lowest BCUT2D eigenvalue weighted by Crippen LogP contribution is -2.40. The van der Waals surface area contributed by atoms with Crippen LogP contribution in [0.3, 0.4) is 0 Å². The van der Waals surface area contributed by atoms with Crippen molar-refractivity contribution in [2.45, 2.75) is 37.3 Å². The number of carbonyl (C=O) groups excluding carboxylic acids is 1. The van der Waals surface area contributed by atoms with Crippen molar-refractivity contribution in [1.29, 1.82) is 0 Å². The number of carboxylic acid groups (broad SMARTS) is 1. The standard InChI is InChI=1S/C12H17NO7S/c1-3-4-5-9(11(14)15)13-21(17,18)10-6-8(7-20-10)12(16)19-2/h6-7,9,13H,3-5H2,1-2H3,(H,14,15). The number of aliphatic carboxylic acids is 1. The highest BCUT2D eigenvalue weighted by molar-refractivity contribution is 7.89. The van der Waals surface area contributed by atoms with Crippen molar-refractivity contribution in [3.05, 3.63) is 17.9 Å². The van der Waals surface area contributed by atoms with Crippen LogP contribution in [0, 0.1) is 0 Å². The molecule has 0 saturated heterocycles. The average Bonchev–Trinajstić information content (AvgIpc) is 2.92. The largest absolute Gasteiger partial charge is 0.480 e. The molecule has 0 aliphatic rings. The van der Waals surface area contributed by atoms with Crippen molar-refractivity contribution >= 4 is 22.0 Å². The van der Waals surface area contributed by atoms with Gasteiger partial charge in [-0.25, -0.2) is 13.2 Å². The van der Waals surface area contributed by atoms with Crippen molar-refractivity contribution in [3.8, 4) is 0 Å². The zero-order chi connectivity index (χ0) is 16.0. The van der Waals surface area contributed by atoms with Gasteiger partial charge in [-0.2, -0.15) is 4.72 Å². The molecule has 8 nitrogen and oxygen atoms in total. The molecule has 118 valence electrons. The minimum atomic E-state index is -4.16. The Morgan fingerprint density at radius 1 is 1.48 bits per heavy atom. The monoisotopic (exact) mass is 319 g/mol. The molecule has 0 aliphatic heterocycles. The number of furan rings is 1. The molecule has 1 atom stereocenters. The van der Waals surface area contributed by atoms with Crippen LogP contribution in [0.5, 0.6) is 0 Å². The zero-order valence-electron chi connectivity index (χ0n) is 11.7. The summed E-state index contributed by atoms with van der Waals surface area (Å²) in [5.41, 5.74) is -0.0710. The van der Waals surface area contributed by atoms with E-state index in [0.717, 1.165) is 25.9 Å². The van der Waals surface area contributed by atoms with E-state index in [-0.39, 0.29) is 12.0 Å². The first kappa shape index (κ1) is 17.2. The van der Waals surface area contributed by atoms with Crippen LogP contribution in [0.1, 0.15) is 36.5 Å². The summed E-state index contributed by atoms with van der Waals surface area (Å²) in [6, 6.07) is -0.269. The van der Waals surface area contributed by atoms with Gasteiger partial charge in [0, 0.05) is 6.07 Å². The van der Waals surface area contributed by atoms with Crippen LogP contribution in [0.25, 0.3) is 0 Å². The summed E-state index contributed by atoms with van der Waals surface area (Å²) in [6.07, 6.45) is 2.39. The number of carbonyl (C=O) groups is 2. The Balaban J connectivity index is 2.91. The number of hydrogen-bond donors (Lipinski definition) is 2. The van der Waals surface area contributed by atoms with Gasteiger partial charge in [0.25, 0.3) is 10.0 Å². The van der Waals surface area contributed by atoms with E-state index in [4.69, 9.17) is 9.52 Å². The molecule has 9 heteroatoms. The van der Waals surface area contributed by atoms with E-state index in [0.29, 0.717) is 6.42 Å². The van der Waals surface area contributed by atoms with E-state index >= 15 is 0 Å². The van der Waals surface area contributed by atoms with Crippen LogP contribution in [0.2, 0.25) is 0 Å². The molecule has 0 aliphatic carbocycles. The first-order valence-electron chi connectivity index (χ1n) is 6.23. The van der Waals surface area contributed by atoms with Gasteiger partial charge in [0.15, 0.2) is 0 Å². The van der Waals surface area contributed by atoms with Gasteiger partial charge in [-0.05, 0) is 6.42 Å². The van der Waals surface area contributed by atoms with Crippen LogP contribution in [-0.4, -0.2) is 38.6 Å². The van der Waals surface area contributed by atoms with E-state index in [1.165, 1.54) is 0 Å². The third-order valence-electron chi connectivity index (χ3n) is 2.70. The molecule has 1 aromatic rings. The van der Waals surface area contributed by atoms with E-state index in [1.807, 2.05) is 11.6 Å². The molecule has 1 heterocycles. The normalized spacial score (nSPS) is 12.9. The van der Waals surface area contributed by atoms with Gasteiger partial charge < -0.3 is 14.3 Å². The lowest BCUT2D eigenvalue weighted by molar-refractivity contribution is -0.139. The number of methoxy groups -OCH3 is 1. The minimum absolute atomic E-state index is 0.0710. The SMILES string of the molecule is CCCCC(NS(=O)(=O)c1cc(C(=O)OC)co1)C(=O)O. The molecule has 0 aromatic carbocycles. The predicted octanol–water partition coefficient (Wildman–Crippen LogP) is 0.988. The summed E-state index contributed by atoms with van der Waals surface area (Å²) in [5.74, 6) is -2.02. The molecule has 0 spiro atoms. The highest BCUT2D eigenvalue weighted by Crippen LogP contribution is 2.16. The second kappa shape index (κ2) is 7.23. The molecule has 0 amide bonds. The Hall–Kier alpha value is -1.87. The van der Waals surface area contributed by atoms with Gasteiger partial charge in [-0.1, -0.05) is 19.8 Å². The predicted molar refractivity (Wildman–Crippen MR) is 71.3 cm³/mol. The molecule has 1 unspecified atom stereocenters. The quantitative estimate of drug-likeness (QED) is 0.685. The Morgan fingerprint density at radius 2 is 2.14 bits per heavy atom. The zero-order valence-corrected chi connectivity index (χ0v) is 12.5. The van der Waals surface area contributed by atoms with Crippen LogP contribution in [0.15, 0.2) is 21.8 Å². The molecule has 0 radical (unpaired) electrons. The van der Waals surface area contributed by atoms with Gasteiger partial charge in [-0.15, -0.1) is 0 Å². The van der Waals surface area contributed by atoms with Gasteiger partial charge >= 0.3 is 11.9 Å². The second-order valence-electron chi connectivity index (χ2n) is 4.30. The molecular weight excluding hydrogens is 302 g/mol. The Morgan fingerprint density at radius 3 is 2.67 bits per heavy atom. The number of ether oxygens (including phenoxy) is 1. The first-order valence-corrected chi connectivity index (χ1v) is 7.72. The van der Waals surface area contributed by atoms with Crippen molar-refractivity contribution in [3.63, 3.8) is 0 Å². The fourth-order valence-electron chi connectivity index (χ4n) is 1.57. The Bertz CT molecular complexity index is 605. The van der Waals surface area contributed by atoms with E-state index in [2.05, 4.69) is 4.74 Å². The number of rotatable bonds is 8. The highest BCUT2D eigenvalue weighted by atomic mass is 32.2. The maximum Gasteiger partial charge on any atom is 0.341 e. The van der Waals surface area contributed by atoms with E-state index in [9.17, 15) is 18.0 Å². The Kier molecular flexibility index (Phi) is 5.91. The summed E-state index contributed by atoms with van der Waals surface area (Å²) in [7, 11) is -3.02. The number of esters is 1. The van der Waals surface area contributed by atoms with Crippen molar-refractivity contribution in [1.82, 2.24) is 4.72 Å². The molecule has 0 saturated carbocycles. The van der Waals surface area contributed by atoms with Crippen LogP contribution in [0.4, 0.5) is 0 Å². The first-order chi connectivity index (χ1) is 9.81. The van der Waals surface area contributed by atoms with E-state index in [1.54, 1.807) is 0 Å². The molecule has 2 N–H and O–H groups in total. The Labute approximate surface area is 122 Å². The lowest BCUT2D eigenvalue weighted by atomic mass is 10.1. The topological polar surface area (TPSA) is 123 Å².